The maximum atomic E-state index is 6.16. The van der Waals surface area contributed by atoms with Gasteiger partial charge in [-0.15, -0.1) is 0 Å². The number of fused-ring (bicyclic) bond motifs is 1. The molecule has 2 aromatic carbocycles. The number of benzene rings is 2. The van der Waals surface area contributed by atoms with Crippen molar-refractivity contribution in [1.82, 2.24) is 0 Å². The lowest BCUT2D eigenvalue weighted by atomic mass is 9.85. The Hall–Kier alpha value is -2.42. The number of hydrogen-bond donors (Lipinski definition) is 0. The van der Waals surface area contributed by atoms with Crippen LogP contribution < -0.4 is 9.47 Å². The molecular formula is C23H28O3. The van der Waals surface area contributed by atoms with E-state index in [0.717, 1.165) is 28.0 Å². The van der Waals surface area contributed by atoms with Gasteiger partial charge < -0.3 is 13.9 Å². The Morgan fingerprint density at radius 2 is 1.69 bits per heavy atom. The van der Waals surface area contributed by atoms with Crippen molar-refractivity contribution in [2.75, 3.05) is 13.7 Å². The van der Waals surface area contributed by atoms with Gasteiger partial charge in [-0.05, 0) is 35.2 Å². The zero-order chi connectivity index (χ0) is 18.9. The lowest BCUT2D eigenvalue weighted by Gasteiger charge is -2.25. The van der Waals surface area contributed by atoms with Crippen LogP contribution in [0.1, 0.15) is 45.7 Å². The van der Waals surface area contributed by atoms with Crippen LogP contribution in [0.2, 0.25) is 0 Å². The second-order valence-electron chi connectivity index (χ2n) is 8.46. The van der Waals surface area contributed by atoms with E-state index in [9.17, 15) is 0 Å². The Labute approximate surface area is 155 Å². The van der Waals surface area contributed by atoms with Crippen molar-refractivity contribution >= 4 is 11.0 Å². The molecule has 3 rings (SSSR count). The fraction of sp³-hybridized carbons (Fsp3) is 0.391. The van der Waals surface area contributed by atoms with Crippen LogP contribution in [-0.4, -0.2) is 13.7 Å². The molecule has 1 aromatic heterocycles. The van der Waals surface area contributed by atoms with E-state index in [1.54, 1.807) is 7.11 Å². The zero-order valence-electron chi connectivity index (χ0n) is 16.6. The highest BCUT2D eigenvalue weighted by molar-refractivity contribution is 5.83. The van der Waals surface area contributed by atoms with Gasteiger partial charge in [-0.2, -0.15) is 0 Å². The van der Waals surface area contributed by atoms with Gasteiger partial charge in [0.1, 0.15) is 17.1 Å². The van der Waals surface area contributed by atoms with Gasteiger partial charge in [0, 0.05) is 22.4 Å². The van der Waals surface area contributed by atoms with Gasteiger partial charge in [0.05, 0.1) is 20.0 Å². The summed E-state index contributed by atoms with van der Waals surface area (Å²) in [5, 5.41) is 1.10. The predicted octanol–water partition coefficient (Wildman–Crippen LogP) is 6.10. The van der Waals surface area contributed by atoms with E-state index < -0.39 is 0 Å². The van der Waals surface area contributed by atoms with Crippen LogP contribution in [0.5, 0.6) is 11.5 Å². The summed E-state index contributed by atoms with van der Waals surface area (Å²) in [4.78, 5) is 0. The number of rotatable bonds is 5. The molecule has 1 heterocycles. The van der Waals surface area contributed by atoms with E-state index in [0.29, 0.717) is 6.61 Å². The number of ether oxygens (including phenoxy) is 2. The van der Waals surface area contributed by atoms with E-state index in [4.69, 9.17) is 13.9 Å². The molecular weight excluding hydrogens is 324 g/mol. The molecule has 3 nitrogen and oxygen atoms in total. The number of hydrogen-bond acceptors (Lipinski definition) is 3. The van der Waals surface area contributed by atoms with Crippen molar-refractivity contribution in [3.05, 3.63) is 59.9 Å². The highest BCUT2D eigenvalue weighted by Crippen LogP contribution is 2.34. The van der Waals surface area contributed by atoms with Gasteiger partial charge >= 0.3 is 0 Å². The molecule has 0 fully saturated rings. The lowest BCUT2D eigenvalue weighted by molar-refractivity contribution is 0.240. The minimum absolute atomic E-state index is 0.106. The van der Waals surface area contributed by atoms with Crippen LogP contribution in [0, 0.1) is 0 Å². The Balaban J connectivity index is 1.81. The third-order valence-corrected chi connectivity index (χ3v) is 4.81. The summed E-state index contributed by atoms with van der Waals surface area (Å²) in [6.45, 7) is 11.6. The average Bonchev–Trinajstić information content (AvgIpc) is 3.03. The predicted molar refractivity (Wildman–Crippen MR) is 106 cm³/mol. The first-order valence-electron chi connectivity index (χ1n) is 9.00. The minimum Gasteiger partial charge on any atom is -0.497 e. The molecule has 3 aromatic rings. The van der Waals surface area contributed by atoms with Crippen molar-refractivity contribution < 1.29 is 13.9 Å². The normalized spacial score (nSPS) is 12.4. The monoisotopic (exact) mass is 352 g/mol. The second-order valence-corrected chi connectivity index (χ2v) is 8.46. The fourth-order valence-electron chi connectivity index (χ4n) is 3.05. The van der Waals surface area contributed by atoms with Gasteiger partial charge in [0.2, 0.25) is 0 Å². The van der Waals surface area contributed by atoms with Crippen LogP contribution >= 0.6 is 0 Å². The zero-order valence-corrected chi connectivity index (χ0v) is 16.6. The molecule has 0 atom stereocenters. The topological polar surface area (TPSA) is 31.6 Å². The van der Waals surface area contributed by atoms with Crippen LogP contribution in [0.15, 0.2) is 53.1 Å². The summed E-state index contributed by atoms with van der Waals surface area (Å²) in [5.74, 6) is 1.70. The third kappa shape index (κ3) is 3.72. The Kier molecular flexibility index (Phi) is 4.74. The van der Waals surface area contributed by atoms with Crippen molar-refractivity contribution in [1.29, 1.82) is 0 Å². The van der Waals surface area contributed by atoms with E-state index in [1.807, 2.05) is 24.5 Å². The molecule has 0 spiro atoms. The summed E-state index contributed by atoms with van der Waals surface area (Å²) < 4.78 is 17.2. The highest BCUT2D eigenvalue weighted by Gasteiger charge is 2.26. The molecule has 0 bridgehead atoms. The molecule has 138 valence electrons. The SMILES string of the molecule is COc1ccc2c(C(C)(C)COc3cccc(C(C)(C)C)c3)coc2c1. The summed E-state index contributed by atoms with van der Waals surface area (Å²) in [7, 11) is 1.66. The van der Waals surface area contributed by atoms with Gasteiger partial charge in [-0.3, -0.25) is 0 Å². The maximum absolute atomic E-state index is 6.16. The Morgan fingerprint density at radius 3 is 2.38 bits per heavy atom. The molecule has 0 amide bonds. The first-order valence-corrected chi connectivity index (χ1v) is 9.00. The van der Waals surface area contributed by atoms with Gasteiger partial charge in [0.15, 0.2) is 0 Å². The molecule has 26 heavy (non-hydrogen) atoms. The summed E-state index contributed by atoms with van der Waals surface area (Å²) in [6.07, 6.45) is 1.83. The van der Waals surface area contributed by atoms with Crippen molar-refractivity contribution in [3.63, 3.8) is 0 Å². The molecule has 0 saturated carbocycles. The van der Waals surface area contributed by atoms with E-state index in [1.165, 1.54) is 5.56 Å². The van der Waals surface area contributed by atoms with E-state index >= 15 is 0 Å². The highest BCUT2D eigenvalue weighted by atomic mass is 16.5. The minimum atomic E-state index is -0.183. The van der Waals surface area contributed by atoms with Gasteiger partial charge in [-0.25, -0.2) is 0 Å². The summed E-state index contributed by atoms with van der Waals surface area (Å²) in [6, 6.07) is 14.3. The van der Waals surface area contributed by atoms with Crippen LogP contribution in [0.3, 0.4) is 0 Å². The van der Waals surface area contributed by atoms with Gasteiger partial charge in [-0.1, -0.05) is 46.8 Å². The molecule has 0 aliphatic rings. The molecule has 0 aliphatic heterocycles. The molecule has 0 saturated heterocycles. The van der Waals surface area contributed by atoms with E-state index in [-0.39, 0.29) is 10.8 Å². The quantitative estimate of drug-likeness (QED) is 0.556. The molecule has 0 unspecified atom stereocenters. The molecule has 0 N–H and O–H groups in total. The molecule has 0 radical (unpaired) electrons. The summed E-state index contributed by atoms with van der Waals surface area (Å²) >= 11 is 0. The Morgan fingerprint density at radius 1 is 0.923 bits per heavy atom. The van der Waals surface area contributed by atoms with Crippen LogP contribution in [-0.2, 0) is 10.8 Å². The van der Waals surface area contributed by atoms with Crippen molar-refractivity contribution in [3.8, 4) is 11.5 Å². The molecule has 0 aliphatic carbocycles. The van der Waals surface area contributed by atoms with Crippen LogP contribution in [0.25, 0.3) is 11.0 Å². The first kappa shape index (κ1) is 18.4. The van der Waals surface area contributed by atoms with Gasteiger partial charge in [0.25, 0.3) is 0 Å². The summed E-state index contributed by atoms with van der Waals surface area (Å²) in [5.41, 5.74) is 3.17. The average molecular weight is 352 g/mol. The van der Waals surface area contributed by atoms with E-state index in [2.05, 4.69) is 58.9 Å². The standard InChI is InChI=1S/C23H28O3/c1-22(2,3)16-8-7-9-18(12-16)26-15-23(4,5)20-14-25-21-13-17(24-6)10-11-19(20)21/h7-14H,15H2,1-6H3. The maximum Gasteiger partial charge on any atom is 0.137 e. The van der Waals surface area contributed by atoms with Crippen LogP contribution in [0.4, 0.5) is 0 Å². The third-order valence-electron chi connectivity index (χ3n) is 4.81. The largest absolute Gasteiger partial charge is 0.497 e. The lowest BCUT2D eigenvalue weighted by Crippen LogP contribution is -2.26. The first-order chi connectivity index (χ1) is 12.2. The van der Waals surface area contributed by atoms with Crippen molar-refractivity contribution in [2.45, 2.75) is 45.4 Å². The smallest absolute Gasteiger partial charge is 0.137 e. The molecule has 3 heteroatoms. The second kappa shape index (κ2) is 6.71. The number of furan rings is 1. The Bertz CT molecular complexity index is 897. The van der Waals surface area contributed by atoms with Crippen molar-refractivity contribution in [2.24, 2.45) is 0 Å². The number of methoxy groups -OCH3 is 1. The fourth-order valence-corrected chi connectivity index (χ4v) is 3.05.